The number of rotatable bonds is 6. The van der Waals surface area contributed by atoms with Gasteiger partial charge in [-0.25, -0.2) is 9.97 Å². The molecule has 21 heavy (non-hydrogen) atoms. The lowest BCUT2D eigenvalue weighted by molar-refractivity contribution is 0.415. The summed E-state index contributed by atoms with van der Waals surface area (Å²) in [6.45, 7) is 4.96. The maximum atomic E-state index is 5.26. The highest BCUT2D eigenvalue weighted by atomic mass is 79.9. The van der Waals surface area contributed by atoms with Crippen LogP contribution in [0.4, 0.5) is 17.3 Å². The minimum atomic E-state index is 0.791. The minimum absolute atomic E-state index is 0.791. The Bertz CT molecular complexity index is 619. The average Bonchev–Trinajstić information content (AvgIpc) is 2.50. The van der Waals surface area contributed by atoms with E-state index < -0.39 is 0 Å². The predicted octanol–water partition coefficient (Wildman–Crippen LogP) is 3.99. The van der Waals surface area contributed by atoms with Crippen LogP contribution in [0.1, 0.15) is 19.4 Å². The first-order valence-corrected chi connectivity index (χ1v) is 7.67. The third kappa shape index (κ3) is 3.64. The molecule has 0 amide bonds. The molecule has 112 valence electrons. The highest BCUT2D eigenvalue weighted by Gasteiger charge is 2.11. The van der Waals surface area contributed by atoms with Crippen LogP contribution in [0.5, 0.6) is 5.75 Å². The van der Waals surface area contributed by atoms with Crippen molar-refractivity contribution in [2.75, 3.05) is 24.3 Å². The van der Waals surface area contributed by atoms with Crippen molar-refractivity contribution < 1.29 is 4.74 Å². The van der Waals surface area contributed by atoms with Gasteiger partial charge >= 0.3 is 0 Å². The number of aromatic nitrogens is 2. The molecule has 1 heterocycles. The first-order chi connectivity index (χ1) is 10.2. The Morgan fingerprint density at radius 3 is 2.62 bits per heavy atom. The van der Waals surface area contributed by atoms with Gasteiger partial charge in [-0.15, -0.1) is 0 Å². The van der Waals surface area contributed by atoms with Gasteiger partial charge in [0.1, 0.15) is 23.7 Å². The van der Waals surface area contributed by atoms with Crippen molar-refractivity contribution >= 4 is 33.3 Å². The van der Waals surface area contributed by atoms with Crippen molar-refractivity contribution in [2.45, 2.75) is 20.3 Å². The highest BCUT2D eigenvalue weighted by Crippen LogP contribution is 2.31. The van der Waals surface area contributed by atoms with Gasteiger partial charge in [-0.3, -0.25) is 0 Å². The number of anilines is 3. The Kier molecular flexibility index (Phi) is 5.38. The summed E-state index contributed by atoms with van der Waals surface area (Å²) in [7, 11) is 1.65. The van der Waals surface area contributed by atoms with Gasteiger partial charge in [-0.2, -0.15) is 0 Å². The summed E-state index contributed by atoms with van der Waals surface area (Å²) in [5.74, 6) is 2.47. The third-order valence-corrected chi connectivity index (χ3v) is 3.76. The molecule has 2 aromatic rings. The molecule has 1 aromatic heterocycles. The number of nitrogens with one attached hydrogen (secondary N) is 2. The van der Waals surface area contributed by atoms with Crippen LogP contribution in [0.25, 0.3) is 0 Å². The normalized spacial score (nSPS) is 10.3. The molecule has 0 aliphatic carbocycles. The summed E-state index contributed by atoms with van der Waals surface area (Å²) in [4.78, 5) is 8.66. The van der Waals surface area contributed by atoms with Crippen molar-refractivity contribution in [1.29, 1.82) is 0 Å². The molecule has 6 heteroatoms. The van der Waals surface area contributed by atoms with Gasteiger partial charge < -0.3 is 15.4 Å². The molecule has 0 unspecified atom stereocenters. The average molecular weight is 351 g/mol. The Balaban J connectivity index is 2.37. The van der Waals surface area contributed by atoms with Crippen molar-refractivity contribution in [1.82, 2.24) is 9.97 Å². The summed E-state index contributed by atoms with van der Waals surface area (Å²) in [5, 5.41) is 6.61. The van der Waals surface area contributed by atoms with Crippen molar-refractivity contribution in [3.05, 3.63) is 34.6 Å². The van der Waals surface area contributed by atoms with Crippen LogP contribution < -0.4 is 15.4 Å². The molecular formula is C15H19BrN4O. The van der Waals surface area contributed by atoms with E-state index in [1.807, 2.05) is 25.1 Å². The lowest BCUT2D eigenvalue weighted by Crippen LogP contribution is -2.07. The van der Waals surface area contributed by atoms with E-state index in [4.69, 9.17) is 4.74 Å². The number of hydrogen-bond acceptors (Lipinski definition) is 5. The molecule has 2 N–H and O–H groups in total. The number of hydrogen-bond donors (Lipinski definition) is 2. The monoisotopic (exact) mass is 350 g/mol. The van der Waals surface area contributed by atoms with Gasteiger partial charge in [0.15, 0.2) is 0 Å². The molecule has 0 saturated carbocycles. The smallest absolute Gasteiger partial charge is 0.139 e. The molecular weight excluding hydrogens is 332 g/mol. The van der Waals surface area contributed by atoms with E-state index in [2.05, 4.69) is 43.5 Å². The van der Waals surface area contributed by atoms with E-state index in [9.17, 15) is 0 Å². The van der Waals surface area contributed by atoms with Crippen LogP contribution in [0.3, 0.4) is 0 Å². The molecule has 0 spiro atoms. The predicted molar refractivity (Wildman–Crippen MR) is 89.6 cm³/mol. The largest absolute Gasteiger partial charge is 0.497 e. The number of methoxy groups -OCH3 is 1. The molecule has 0 aliphatic heterocycles. The summed E-state index contributed by atoms with van der Waals surface area (Å²) < 4.78 is 6.21. The van der Waals surface area contributed by atoms with Crippen LogP contribution in [0, 0.1) is 0 Å². The Morgan fingerprint density at radius 2 is 1.95 bits per heavy atom. The van der Waals surface area contributed by atoms with Crippen molar-refractivity contribution in [3.8, 4) is 5.75 Å². The maximum absolute atomic E-state index is 5.26. The summed E-state index contributed by atoms with van der Waals surface area (Å²) in [6.07, 6.45) is 2.40. The number of nitrogens with zero attached hydrogens (tertiary/aromatic N) is 2. The molecule has 5 nitrogen and oxygen atoms in total. The van der Waals surface area contributed by atoms with Gasteiger partial charge in [0.05, 0.1) is 12.8 Å². The molecule has 0 radical (unpaired) electrons. The van der Waals surface area contributed by atoms with Crippen molar-refractivity contribution in [2.24, 2.45) is 0 Å². The van der Waals surface area contributed by atoms with Crippen LogP contribution in [-0.4, -0.2) is 23.6 Å². The van der Waals surface area contributed by atoms with Crippen LogP contribution in [0.15, 0.2) is 29.0 Å². The number of ether oxygens (including phenoxy) is 1. The minimum Gasteiger partial charge on any atom is -0.497 e. The van der Waals surface area contributed by atoms with E-state index in [1.165, 1.54) is 0 Å². The van der Waals surface area contributed by atoms with E-state index >= 15 is 0 Å². The van der Waals surface area contributed by atoms with Crippen LogP contribution in [-0.2, 0) is 6.42 Å². The SMILES string of the molecule is CCNc1ncnc(Nc2cc(OC)ccc2Br)c1CC. The van der Waals surface area contributed by atoms with Gasteiger partial charge in [-0.05, 0) is 41.4 Å². The summed E-state index contributed by atoms with van der Waals surface area (Å²) in [6, 6.07) is 5.78. The highest BCUT2D eigenvalue weighted by molar-refractivity contribution is 9.10. The maximum Gasteiger partial charge on any atom is 0.139 e. The zero-order valence-electron chi connectivity index (χ0n) is 12.4. The molecule has 0 bridgehead atoms. The fourth-order valence-electron chi connectivity index (χ4n) is 2.03. The number of halogens is 1. The lowest BCUT2D eigenvalue weighted by atomic mass is 10.2. The molecule has 2 rings (SSSR count). The van der Waals surface area contributed by atoms with E-state index in [0.717, 1.165) is 46.1 Å². The van der Waals surface area contributed by atoms with Gasteiger partial charge in [-0.1, -0.05) is 6.92 Å². The molecule has 0 atom stereocenters. The molecule has 0 saturated heterocycles. The Hall–Kier alpha value is -1.82. The van der Waals surface area contributed by atoms with Crippen LogP contribution in [0.2, 0.25) is 0 Å². The standard InChI is InChI=1S/C15H19BrN4O/c1-4-11-14(17-5-2)18-9-19-15(11)20-13-8-10(21-3)6-7-12(13)16/h6-9H,4-5H2,1-3H3,(H2,17,18,19,20). The van der Waals surface area contributed by atoms with Crippen molar-refractivity contribution in [3.63, 3.8) is 0 Å². The fraction of sp³-hybridized carbons (Fsp3) is 0.333. The van der Waals surface area contributed by atoms with E-state index in [1.54, 1.807) is 13.4 Å². The summed E-state index contributed by atoms with van der Waals surface area (Å²) >= 11 is 3.54. The second kappa shape index (κ2) is 7.26. The zero-order valence-corrected chi connectivity index (χ0v) is 14.0. The molecule has 0 aliphatic rings. The quantitative estimate of drug-likeness (QED) is 0.824. The van der Waals surface area contributed by atoms with Gasteiger partial charge in [0, 0.05) is 22.6 Å². The summed E-state index contributed by atoms with van der Waals surface area (Å²) in [5.41, 5.74) is 1.97. The lowest BCUT2D eigenvalue weighted by Gasteiger charge is -2.15. The van der Waals surface area contributed by atoms with Gasteiger partial charge in [0.25, 0.3) is 0 Å². The van der Waals surface area contributed by atoms with Gasteiger partial charge in [0.2, 0.25) is 0 Å². The van der Waals surface area contributed by atoms with Crippen LogP contribution >= 0.6 is 15.9 Å². The first kappa shape index (κ1) is 15.6. The second-order valence-corrected chi connectivity index (χ2v) is 5.26. The first-order valence-electron chi connectivity index (χ1n) is 6.87. The fourth-order valence-corrected chi connectivity index (χ4v) is 2.38. The topological polar surface area (TPSA) is 59.1 Å². The molecule has 0 fully saturated rings. The Labute approximate surface area is 133 Å². The van der Waals surface area contributed by atoms with E-state index in [0.29, 0.717) is 0 Å². The van der Waals surface area contributed by atoms with E-state index in [-0.39, 0.29) is 0 Å². The number of benzene rings is 1. The zero-order chi connectivity index (χ0) is 15.2. The molecule has 1 aromatic carbocycles. The Morgan fingerprint density at radius 1 is 1.19 bits per heavy atom. The third-order valence-electron chi connectivity index (χ3n) is 3.07. The second-order valence-electron chi connectivity index (χ2n) is 4.40.